The van der Waals surface area contributed by atoms with Gasteiger partial charge in [0.1, 0.15) is 11.6 Å². The Labute approximate surface area is 240 Å². The number of para-hydroxylation sites is 1. The maximum Gasteiger partial charge on any atom is 0.143 e. The molecule has 0 aliphatic heterocycles. The summed E-state index contributed by atoms with van der Waals surface area (Å²) in [7, 11) is 1.96. The zero-order chi connectivity index (χ0) is 26.9. The van der Waals surface area contributed by atoms with Crippen LogP contribution in [0.5, 0.6) is 5.75 Å². The van der Waals surface area contributed by atoms with Crippen LogP contribution in [0.25, 0.3) is 33.4 Å². The predicted molar refractivity (Wildman–Crippen MR) is 154 cm³/mol. The summed E-state index contributed by atoms with van der Waals surface area (Å²) in [4.78, 5) is 9.15. The molecule has 2 aromatic heterocycles. The van der Waals surface area contributed by atoms with Crippen molar-refractivity contribution in [2.75, 3.05) is 0 Å². The number of benzene rings is 3. The largest absolute Gasteiger partial charge is 0.507 e. The molecule has 1 N–H and O–H groups in total. The van der Waals surface area contributed by atoms with Crippen LogP contribution in [0.1, 0.15) is 53.4 Å². The first-order valence-electron chi connectivity index (χ1n) is 12.7. The summed E-state index contributed by atoms with van der Waals surface area (Å²) in [6.45, 7) is 14.8. The number of rotatable bonds is 3. The number of imidazole rings is 1. The average Bonchev–Trinajstić information content (AvgIpc) is 3.11. The topological polar surface area (TPSA) is 50.9 Å². The fraction of sp³-hybridized carbons (Fsp3) is 0.273. The molecule has 5 rings (SSSR count). The molecule has 0 saturated heterocycles. The van der Waals surface area contributed by atoms with Crippen molar-refractivity contribution >= 4 is 10.8 Å². The van der Waals surface area contributed by atoms with Gasteiger partial charge in [-0.25, -0.2) is 4.98 Å². The molecule has 0 aliphatic rings. The third-order valence-electron chi connectivity index (χ3n) is 6.94. The van der Waals surface area contributed by atoms with Gasteiger partial charge in [-0.1, -0.05) is 58.0 Å². The van der Waals surface area contributed by atoms with Crippen LogP contribution in [0.3, 0.4) is 0 Å². The second-order valence-corrected chi connectivity index (χ2v) is 10.2. The van der Waals surface area contributed by atoms with E-state index in [0.29, 0.717) is 5.92 Å². The molecular formula is C33H36IrN3O-. The molecule has 0 aliphatic carbocycles. The second kappa shape index (κ2) is 12.1. The molecule has 0 saturated carbocycles. The molecule has 0 atom stereocenters. The molecule has 4 nitrogen and oxygen atoms in total. The van der Waals surface area contributed by atoms with Crippen LogP contribution in [0, 0.1) is 40.7 Å². The monoisotopic (exact) mass is 683 g/mol. The Morgan fingerprint density at radius 3 is 2.21 bits per heavy atom. The summed E-state index contributed by atoms with van der Waals surface area (Å²) in [5.41, 5.74) is 10.0. The van der Waals surface area contributed by atoms with E-state index >= 15 is 0 Å². The van der Waals surface area contributed by atoms with E-state index in [1.807, 2.05) is 49.9 Å². The van der Waals surface area contributed by atoms with E-state index in [0.717, 1.165) is 39.6 Å². The van der Waals surface area contributed by atoms with Gasteiger partial charge < -0.3 is 14.7 Å². The van der Waals surface area contributed by atoms with Gasteiger partial charge in [0, 0.05) is 39.0 Å². The molecule has 38 heavy (non-hydrogen) atoms. The molecule has 5 aromatic rings. The van der Waals surface area contributed by atoms with Gasteiger partial charge in [0.2, 0.25) is 0 Å². The average molecular weight is 683 g/mol. The molecule has 0 fully saturated rings. The number of phenols is 1. The van der Waals surface area contributed by atoms with Crippen molar-refractivity contribution in [2.24, 2.45) is 7.05 Å². The summed E-state index contributed by atoms with van der Waals surface area (Å²) >= 11 is 0. The van der Waals surface area contributed by atoms with Crippen molar-refractivity contribution in [3.8, 4) is 28.4 Å². The third kappa shape index (κ3) is 6.06. The number of nitrogens with zero attached hydrogens (tertiary/aromatic N) is 3. The van der Waals surface area contributed by atoms with E-state index in [4.69, 9.17) is 4.98 Å². The first kappa shape index (κ1) is 29.3. The van der Waals surface area contributed by atoms with Crippen molar-refractivity contribution in [3.05, 3.63) is 101 Å². The normalized spacial score (nSPS) is 10.8. The Bertz CT molecular complexity index is 1560. The van der Waals surface area contributed by atoms with Crippen LogP contribution in [-0.2, 0) is 27.2 Å². The standard InChI is InChI=1S/C21H22N.C12H14N2O.Ir/c1-13(2)17-6-7-19-20(11-17)16(5)12-22-21(19)18-9-14(3)8-15(4)10-18;1-8-9(2)14(3)12(13-8)10-6-4-5-7-11(10)15;/h6-9,11-13H,1-5H3;4-7,15H,1-3H3;/q-1;;. The third-order valence-corrected chi connectivity index (χ3v) is 6.94. The Morgan fingerprint density at radius 1 is 0.895 bits per heavy atom. The minimum absolute atomic E-state index is 0. The van der Waals surface area contributed by atoms with E-state index in [-0.39, 0.29) is 25.9 Å². The van der Waals surface area contributed by atoms with E-state index in [9.17, 15) is 5.11 Å². The number of phenolic OH excluding ortho intramolecular Hbond substituents is 1. The predicted octanol–water partition coefficient (Wildman–Crippen LogP) is 8.16. The molecule has 3 aromatic carbocycles. The van der Waals surface area contributed by atoms with Crippen LogP contribution < -0.4 is 0 Å². The summed E-state index contributed by atoms with van der Waals surface area (Å²) in [5.74, 6) is 1.61. The van der Waals surface area contributed by atoms with Gasteiger partial charge in [0.05, 0.1) is 11.3 Å². The van der Waals surface area contributed by atoms with Gasteiger partial charge in [0.15, 0.2) is 0 Å². The van der Waals surface area contributed by atoms with Gasteiger partial charge in [-0.05, 0) is 66.4 Å². The molecule has 0 spiro atoms. The van der Waals surface area contributed by atoms with E-state index in [1.54, 1.807) is 6.07 Å². The first-order chi connectivity index (χ1) is 17.6. The first-order valence-corrected chi connectivity index (χ1v) is 12.7. The number of aryl methyl sites for hydroxylation is 4. The summed E-state index contributed by atoms with van der Waals surface area (Å²) in [5, 5.41) is 12.2. The molecular weight excluding hydrogens is 647 g/mol. The van der Waals surface area contributed by atoms with Gasteiger partial charge in [-0.3, -0.25) is 0 Å². The molecule has 199 valence electrons. The molecule has 0 bridgehead atoms. The zero-order valence-electron chi connectivity index (χ0n) is 23.5. The number of aromatic nitrogens is 3. The Morgan fingerprint density at radius 2 is 1.61 bits per heavy atom. The summed E-state index contributed by atoms with van der Waals surface area (Å²) < 4.78 is 1.99. The zero-order valence-corrected chi connectivity index (χ0v) is 25.9. The van der Waals surface area contributed by atoms with E-state index < -0.39 is 0 Å². The number of hydrogen-bond donors (Lipinski definition) is 1. The summed E-state index contributed by atoms with van der Waals surface area (Å²) in [6, 6.07) is 21.8. The van der Waals surface area contributed by atoms with E-state index in [1.165, 1.54) is 27.5 Å². The van der Waals surface area contributed by atoms with Crippen LogP contribution >= 0.6 is 0 Å². The number of aromatic hydroxyl groups is 1. The van der Waals surface area contributed by atoms with Crippen LogP contribution in [0.4, 0.5) is 0 Å². The molecule has 1 radical (unpaired) electrons. The Balaban J connectivity index is 0.000000220. The number of fused-ring (bicyclic) bond motifs is 1. The van der Waals surface area contributed by atoms with Gasteiger partial charge in [0.25, 0.3) is 0 Å². The number of pyridine rings is 1. The Kier molecular flexibility index (Phi) is 9.30. The molecule has 0 unspecified atom stereocenters. The minimum Gasteiger partial charge on any atom is -0.507 e. The molecule has 2 heterocycles. The smallest absolute Gasteiger partial charge is 0.143 e. The van der Waals surface area contributed by atoms with Crippen LogP contribution in [-0.4, -0.2) is 19.6 Å². The number of hydrogen-bond acceptors (Lipinski definition) is 3. The van der Waals surface area contributed by atoms with E-state index in [2.05, 4.69) is 76.0 Å². The van der Waals surface area contributed by atoms with Crippen molar-refractivity contribution in [3.63, 3.8) is 0 Å². The van der Waals surface area contributed by atoms with Gasteiger partial charge >= 0.3 is 0 Å². The second-order valence-electron chi connectivity index (χ2n) is 10.2. The van der Waals surface area contributed by atoms with Crippen molar-refractivity contribution < 1.29 is 25.2 Å². The molecule has 0 amide bonds. The molecule has 5 heteroatoms. The minimum atomic E-state index is 0. The van der Waals surface area contributed by atoms with Gasteiger partial charge in [-0.2, -0.15) is 0 Å². The maximum atomic E-state index is 9.74. The van der Waals surface area contributed by atoms with Gasteiger partial charge in [-0.15, -0.1) is 34.9 Å². The quantitative estimate of drug-likeness (QED) is 0.196. The van der Waals surface area contributed by atoms with Crippen molar-refractivity contribution in [1.82, 2.24) is 14.5 Å². The fourth-order valence-electron chi connectivity index (χ4n) is 4.61. The fourth-order valence-corrected chi connectivity index (χ4v) is 4.61. The summed E-state index contributed by atoms with van der Waals surface area (Å²) in [6.07, 6.45) is 1.98. The van der Waals surface area contributed by atoms with Crippen LogP contribution in [0.2, 0.25) is 0 Å². The SMILES string of the molecule is Cc1[c-]c(-c2ncc(C)c3cc(C(C)C)ccc23)cc(C)c1.Cc1nc(-c2ccccc2O)n(C)c1C.[Ir]. The maximum absolute atomic E-state index is 9.74. The Hall–Kier alpha value is -3.27. The van der Waals surface area contributed by atoms with Crippen molar-refractivity contribution in [2.45, 2.75) is 54.4 Å². The van der Waals surface area contributed by atoms with Crippen molar-refractivity contribution in [1.29, 1.82) is 0 Å². The van der Waals surface area contributed by atoms with Crippen LogP contribution in [0.15, 0.2) is 60.8 Å².